The van der Waals surface area contributed by atoms with Crippen molar-refractivity contribution in [3.8, 4) is 0 Å². The minimum Gasteiger partial charge on any atom is -0.381 e. The highest BCUT2D eigenvalue weighted by atomic mass is 32.2. The maximum Gasteiger partial charge on any atom is 0.245 e. The Hall–Kier alpha value is -2.03. The van der Waals surface area contributed by atoms with E-state index in [0.717, 1.165) is 11.8 Å². The molecule has 3 heterocycles. The van der Waals surface area contributed by atoms with Gasteiger partial charge in [-0.05, 0) is 37.8 Å². The number of rotatable bonds is 3. The topological polar surface area (TPSA) is 103 Å². The lowest BCUT2D eigenvalue weighted by molar-refractivity contribution is -0.132. The molecule has 0 aliphatic carbocycles. The largest absolute Gasteiger partial charge is 0.381 e. The number of pyridine rings is 1. The Morgan fingerprint density at radius 3 is 2.67 bits per heavy atom. The fraction of sp³-hybridized carbons (Fsp3) is 0.474. The predicted molar refractivity (Wildman–Crippen MR) is 100 cm³/mol. The average molecular weight is 389 g/mol. The van der Waals surface area contributed by atoms with E-state index in [1.165, 1.54) is 4.31 Å². The van der Waals surface area contributed by atoms with Gasteiger partial charge in [0.1, 0.15) is 10.9 Å². The molecule has 1 aromatic carbocycles. The molecule has 27 heavy (non-hydrogen) atoms. The summed E-state index contributed by atoms with van der Waals surface area (Å²) in [4.78, 5) is 16.8. The zero-order valence-electron chi connectivity index (χ0n) is 15.0. The van der Waals surface area contributed by atoms with Gasteiger partial charge in [-0.15, -0.1) is 0 Å². The quantitative estimate of drug-likeness (QED) is 0.860. The summed E-state index contributed by atoms with van der Waals surface area (Å²) >= 11 is 0. The fourth-order valence-corrected chi connectivity index (χ4v) is 6.47. The number of piperidine rings is 1. The molecule has 0 saturated carbocycles. The lowest BCUT2D eigenvalue weighted by Crippen LogP contribution is -2.61. The Morgan fingerprint density at radius 2 is 1.93 bits per heavy atom. The summed E-state index contributed by atoms with van der Waals surface area (Å²) in [7, 11) is -3.93. The second-order valence-corrected chi connectivity index (χ2v) is 9.19. The molecule has 1 unspecified atom stereocenters. The zero-order valence-corrected chi connectivity index (χ0v) is 15.8. The minimum absolute atomic E-state index is 0.121. The number of hydrogen-bond acceptors (Lipinski definition) is 5. The van der Waals surface area contributed by atoms with E-state index in [2.05, 4.69) is 4.98 Å². The second-order valence-electron chi connectivity index (χ2n) is 7.33. The van der Waals surface area contributed by atoms with Crippen LogP contribution >= 0.6 is 0 Å². The van der Waals surface area contributed by atoms with Crippen LogP contribution < -0.4 is 5.73 Å². The smallest absolute Gasteiger partial charge is 0.245 e. The first kappa shape index (κ1) is 18.3. The normalized spacial score (nSPS) is 23.5. The van der Waals surface area contributed by atoms with Crippen molar-refractivity contribution in [2.24, 2.45) is 11.1 Å². The molecular weight excluding hydrogens is 366 g/mol. The molecule has 7 nitrogen and oxygen atoms in total. The molecule has 1 amide bonds. The molecule has 2 aromatic rings. The van der Waals surface area contributed by atoms with Crippen molar-refractivity contribution in [3.05, 3.63) is 36.5 Å². The summed E-state index contributed by atoms with van der Waals surface area (Å²) in [5.41, 5.74) is 5.71. The maximum atomic E-state index is 13.6. The molecule has 144 valence electrons. The molecule has 2 N–H and O–H groups in total. The molecule has 8 heteroatoms. The first-order valence-electron chi connectivity index (χ1n) is 9.18. The number of amides is 1. The van der Waals surface area contributed by atoms with Gasteiger partial charge in [0.2, 0.25) is 15.9 Å². The third kappa shape index (κ3) is 3.01. The summed E-state index contributed by atoms with van der Waals surface area (Å²) in [6.07, 6.45) is 4.33. The first-order chi connectivity index (χ1) is 13.0. The van der Waals surface area contributed by atoms with Crippen LogP contribution in [0.2, 0.25) is 0 Å². The number of fused-ring (bicyclic) bond motifs is 1. The molecule has 4 rings (SSSR count). The van der Waals surface area contributed by atoms with E-state index >= 15 is 0 Å². The number of carbonyl (C=O) groups excluding carboxylic acids is 1. The first-order valence-corrected chi connectivity index (χ1v) is 10.6. The minimum atomic E-state index is -3.93. The third-order valence-electron chi connectivity index (χ3n) is 5.86. The molecule has 2 fully saturated rings. The van der Waals surface area contributed by atoms with Crippen molar-refractivity contribution < 1.29 is 17.9 Å². The number of para-hydroxylation sites is 1. The number of nitrogens with zero attached hydrogens (tertiary/aromatic N) is 2. The Morgan fingerprint density at radius 1 is 1.19 bits per heavy atom. The van der Waals surface area contributed by atoms with Crippen molar-refractivity contribution in [1.29, 1.82) is 0 Å². The highest BCUT2D eigenvalue weighted by Crippen LogP contribution is 2.46. The van der Waals surface area contributed by atoms with Crippen molar-refractivity contribution in [3.63, 3.8) is 0 Å². The van der Waals surface area contributed by atoms with Crippen LogP contribution in [0.15, 0.2) is 41.4 Å². The summed E-state index contributed by atoms with van der Waals surface area (Å²) in [6, 6.07) is 7.80. The zero-order chi connectivity index (χ0) is 19.1. The van der Waals surface area contributed by atoms with Gasteiger partial charge in [0.05, 0.1) is 5.52 Å². The molecule has 2 aliphatic heterocycles. The van der Waals surface area contributed by atoms with Crippen LogP contribution in [0.4, 0.5) is 0 Å². The van der Waals surface area contributed by atoms with Crippen molar-refractivity contribution in [2.75, 3.05) is 19.8 Å². The molecule has 0 radical (unpaired) electrons. The number of nitrogens with two attached hydrogens (primary N) is 1. The van der Waals surface area contributed by atoms with Gasteiger partial charge in [-0.2, -0.15) is 4.31 Å². The van der Waals surface area contributed by atoms with E-state index in [9.17, 15) is 13.2 Å². The van der Waals surface area contributed by atoms with E-state index in [1.54, 1.807) is 24.4 Å². The molecule has 2 saturated heterocycles. The van der Waals surface area contributed by atoms with Crippen LogP contribution in [0.25, 0.3) is 10.9 Å². The Kier molecular flexibility index (Phi) is 4.65. The summed E-state index contributed by atoms with van der Waals surface area (Å²) in [5, 5.41) is 0.743. The lowest BCUT2D eigenvalue weighted by atomic mass is 9.68. The number of carbonyl (C=O) groups is 1. The van der Waals surface area contributed by atoms with Gasteiger partial charge in [0, 0.05) is 36.8 Å². The number of benzene rings is 1. The maximum absolute atomic E-state index is 13.6. The number of aromatic nitrogens is 1. The van der Waals surface area contributed by atoms with Gasteiger partial charge in [0.25, 0.3) is 0 Å². The van der Waals surface area contributed by atoms with Gasteiger partial charge in [-0.3, -0.25) is 9.78 Å². The third-order valence-corrected chi connectivity index (χ3v) is 7.76. The van der Waals surface area contributed by atoms with Gasteiger partial charge in [0.15, 0.2) is 0 Å². The number of hydrogen-bond donors (Lipinski definition) is 1. The van der Waals surface area contributed by atoms with Gasteiger partial charge < -0.3 is 10.5 Å². The highest BCUT2D eigenvalue weighted by Gasteiger charge is 2.52. The summed E-state index contributed by atoms with van der Waals surface area (Å²) < 4.78 is 33.9. The molecule has 1 aromatic heterocycles. The van der Waals surface area contributed by atoms with Crippen LogP contribution in [-0.2, 0) is 19.6 Å². The number of primary amides is 1. The van der Waals surface area contributed by atoms with Crippen LogP contribution in [0.1, 0.15) is 25.7 Å². The highest BCUT2D eigenvalue weighted by molar-refractivity contribution is 7.89. The van der Waals surface area contributed by atoms with Crippen molar-refractivity contribution >= 4 is 26.8 Å². The van der Waals surface area contributed by atoms with Crippen molar-refractivity contribution in [1.82, 2.24) is 9.29 Å². The summed E-state index contributed by atoms with van der Waals surface area (Å²) in [6.45, 7) is 1.32. The predicted octanol–water partition coefficient (Wildman–Crippen LogP) is 1.67. The molecule has 0 bridgehead atoms. The van der Waals surface area contributed by atoms with Crippen LogP contribution in [-0.4, -0.2) is 49.4 Å². The molecule has 1 atom stereocenters. The van der Waals surface area contributed by atoms with Crippen LogP contribution in [0, 0.1) is 5.41 Å². The second kappa shape index (κ2) is 6.85. The average Bonchev–Trinajstić information content (AvgIpc) is 2.67. The molecule has 2 aliphatic rings. The Balaban J connectivity index is 1.83. The van der Waals surface area contributed by atoms with Gasteiger partial charge >= 0.3 is 0 Å². The molecule has 1 spiro atoms. The van der Waals surface area contributed by atoms with Gasteiger partial charge in [-0.25, -0.2) is 8.42 Å². The van der Waals surface area contributed by atoms with Crippen molar-refractivity contribution in [2.45, 2.75) is 36.6 Å². The lowest BCUT2D eigenvalue weighted by Gasteiger charge is -2.49. The fourth-order valence-electron chi connectivity index (χ4n) is 4.57. The van der Waals surface area contributed by atoms with E-state index in [4.69, 9.17) is 10.5 Å². The number of sulfonamides is 1. The Bertz CT molecular complexity index is 959. The van der Waals surface area contributed by atoms with Crippen LogP contribution in [0.5, 0.6) is 0 Å². The summed E-state index contributed by atoms with van der Waals surface area (Å²) in [5.74, 6) is -0.589. The molecular formula is C19H23N3O4S. The monoisotopic (exact) mass is 389 g/mol. The number of ether oxygens (including phenoxy) is 1. The SMILES string of the molecule is NC(=O)C1N(S(=O)(=O)c2cccc3cccnc23)CCCC12CCOCC2. The van der Waals surface area contributed by atoms with E-state index in [0.29, 0.717) is 38.0 Å². The van der Waals surface area contributed by atoms with Gasteiger partial charge in [-0.1, -0.05) is 18.2 Å². The van der Waals surface area contributed by atoms with E-state index < -0.39 is 27.4 Å². The van der Waals surface area contributed by atoms with E-state index in [-0.39, 0.29) is 11.4 Å². The van der Waals surface area contributed by atoms with Crippen LogP contribution in [0.3, 0.4) is 0 Å². The Labute approximate surface area is 158 Å². The van der Waals surface area contributed by atoms with E-state index in [1.807, 2.05) is 12.1 Å². The standard InChI is InChI=1S/C19H23N3O4S/c20-18(23)17-19(8-12-26-13-9-19)7-3-11-22(17)27(24,25)15-6-1-4-14-5-2-10-21-16(14)15/h1-2,4-6,10,17H,3,7-9,11-13H2,(H2,20,23).